The van der Waals surface area contributed by atoms with Crippen LogP contribution in [-0.4, -0.2) is 23.9 Å². The van der Waals surface area contributed by atoms with Gasteiger partial charge in [-0.2, -0.15) is 0 Å². The molecule has 0 aliphatic heterocycles. The molecule has 76 valence electrons. The first-order chi connectivity index (χ1) is 6.76. The molecule has 14 heavy (non-hydrogen) atoms. The molecule has 5 heteroatoms. The van der Waals surface area contributed by atoms with Crippen LogP contribution in [0.3, 0.4) is 0 Å². The molecule has 3 N–H and O–H groups in total. The zero-order chi connectivity index (χ0) is 10.4. The molecule has 0 aliphatic rings. The summed E-state index contributed by atoms with van der Waals surface area (Å²) in [6.45, 7) is 0.0368. The molecule has 0 fully saturated rings. The minimum Gasteiger partial charge on any atom is -0.486 e. The van der Waals surface area contributed by atoms with E-state index in [1.165, 1.54) is 0 Å². The third-order valence-corrected chi connectivity index (χ3v) is 2.32. The van der Waals surface area contributed by atoms with Crippen LogP contribution in [0.5, 0.6) is 5.75 Å². The summed E-state index contributed by atoms with van der Waals surface area (Å²) in [6, 6.07) is 7.54. The highest BCUT2D eigenvalue weighted by molar-refractivity contribution is 7.98. The number of thioether (sulfide) groups is 1. The summed E-state index contributed by atoms with van der Waals surface area (Å²) < 4.78 is 5.20. The monoisotopic (exact) mass is 212 g/mol. The number of nitrogens with one attached hydrogen (secondary N) is 2. The lowest BCUT2D eigenvalue weighted by atomic mass is 10.3. The topological polar surface area (TPSA) is 65.3 Å². The van der Waals surface area contributed by atoms with Gasteiger partial charge in [0.15, 0.2) is 5.84 Å². The Labute approximate surface area is 86.7 Å². The Kier molecular flexibility index (Phi) is 4.28. The molecule has 0 radical (unpaired) electrons. The second-order valence-electron chi connectivity index (χ2n) is 2.55. The number of amidine groups is 1. The fraction of sp³-hybridized carbons (Fsp3) is 0.222. The fourth-order valence-corrected chi connectivity index (χ4v) is 1.27. The lowest BCUT2D eigenvalue weighted by Gasteiger charge is -2.06. The smallest absolute Gasteiger partial charge is 0.156 e. The van der Waals surface area contributed by atoms with Crippen molar-refractivity contribution in [3.05, 3.63) is 24.3 Å². The highest BCUT2D eigenvalue weighted by Crippen LogP contribution is 2.18. The van der Waals surface area contributed by atoms with Crippen molar-refractivity contribution in [2.75, 3.05) is 12.9 Å². The van der Waals surface area contributed by atoms with Gasteiger partial charge in [-0.25, -0.2) is 0 Å². The molecule has 0 bridgehead atoms. The summed E-state index contributed by atoms with van der Waals surface area (Å²) in [6.07, 6.45) is 2.00. The molecule has 0 amide bonds. The lowest BCUT2D eigenvalue weighted by molar-refractivity contribution is 0.222. The Morgan fingerprint density at radius 2 is 2.14 bits per heavy atom. The van der Waals surface area contributed by atoms with Crippen LogP contribution < -0.4 is 10.2 Å². The molecule has 0 spiro atoms. The van der Waals surface area contributed by atoms with E-state index in [0.29, 0.717) is 5.75 Å². The molecule has 4 nitrogen and oxygen atoms in total. The van der Waals surface area contributed by atoms with Crippen molar-refractivity contribution >= 4 is 17.6 Å². The Balaban J connectivity index is 2.47. The van der Waals surface area contributed by atoms with Gasteiger partial charge in [0.2, 0.25) is 0 Å². The van der Waals surface area contributed by atoms with Gasteiger partial charge >= 0.3 is 0 Å². The van der Waals surface area contributed by atoms with Gasteiger partial charge in [0.1, 0.15) is 12.4 Å². The number of benzene rings is 1. The summed E-state index contributed by atoms with van der Waals surface area (Å²) in [5.41, 5.74) is 1.71. The maximum atomic E-state index is 8.34. The average Bonchev–Trinajstić information content (AvgIpc) is 2.26. The molecule has 0 heterocycles. The summed E-state index contributed by atoms with van der Waals surface area (Å²) in [7, 11) is 0. The van der Waals surface area contributed by atoms with Gasteiger partial charge in [-0.05, 0) is 30.5 Å². The SMILES string of the molecule is CSc1ccc(OCC(=N)NO)cc1. The molecular formula is C9H12N2O2S. The van der Waals surface area contributed by atoms with E-state index in [2.05, 4.69) is 0 Å². The molecule has 0 aromatic heterocycles. The lowest BCUT2D eigenvalue weighted by Crippen LogP contribution is -2.24. The first kappa shape index (κ1) is 10.9. The van der Waals surface area contributed by atoms with Crippen LogP contribution in [0.15, 0.2) is 29.2 Å². The Morgan fingerprint density at radius 3 is 2.64 bits per heavy atom. The summed E-state index contributed by atoms with van der Waals surface area (Å²) >= 11 is 1.66. The molecule has 1 rings (SSSR count). The van der Waals surface area contributed by atoms with Crippen molar-refractivity contribution in [3.63, 3.8) is 0 Å². The Bertz CT molecular complexity index is 300. The van der Waals surface area contributed by atoms with Crippen molar-refractivity contribution in [1.82, 2.24) is 5.48 Å². The fourth-order valence-electron chi connectivity index (χ4n) is 0.860. The normalized spacial score (nSPS) is 9.57. The second-order valence-corrected chi connectivity index (χ2v) is 3.43. The summed E-state index contributed by atoms with van der Waals surface area (Å²) in [5, 5.41) is 15.4. The van der Waals surface area contributed by atoms with Crippen molar-refractivity contribution < 1.29 is 9.94 Å². The average molecular weight is 212 g/mol. The van der Waals surface area contributed by atoms with E-state index in [9.17, 15) is 0 Å². The number of ether oxygens (including phenoxy) is 1. The van der Waals surface area contributed by atoms with Gasteiger partial charge in [0.05, 0.1) is 0 Å². The van der Waals surface area contributed by atoms with Crippen LogP contribution in [-0.2, 0) is 0 Å². The zero-order valence-electron chi connectivity index (χ0n) is 7.78. The van der Waals surface area contributed by atoms with Gasteiger partial charge in [0, 0.05) is 4.90 Å². The molecule has 0 saturated carbocycles. The molecule has 0 atom stereocenters. The number of rotatable bonds is 4. The first-order valence-electron chi connectivity index (χ1n) is 4.00. The van der Waals surface area contributed by atoms with E-state index in [-0.39, 0.29) is 12.4 Å². The van der Waals surface area contributed by atoms with Crippen LogP contribution >= 0.6 is 11.8 Å². The predicted octanol–water partition coefficient (Wildman–Crippen LogP) is 1.74. The first-order valence-corrected chi connectivity index (χ1v) is 5.23. The molecular weight excluding hydrogens is 200 g/mol. The summed E-state index contributed by atoms with van der Waals surface area (Å²) in [5.74, 6) is 0.613. The van der Waals surface area contributed by atoms with E-state index in [1.807, 2.05) is 30.5 Å². The maximum absolute atomic E-state index is 8.34. The quantitative estimate of drug-likeness (QED) is 0.308. The van der Waals surface area contributed by atoms with Crippen LogP contribution in [0.25, 0.3) is 0 Å². The molecule has 0 unspecified atom stereocenters. The van der Waals surface area contributed by atoms with Crippen molar-refractivity contribution in [3.8, 4) is 5.75 Å². The van der Waals surface area contributed by atoms with E-state index in [0.717, 1.165) is 4.90 Å². The van der Waals surface area contributed by atoms with Crippen LogP contribution in [0.4, 0.5) is 0 Å². The summed E-state index contributed by atoms with van der Waals surface area (Å²) in [4.78, 5) is 1.16. The van der Waals surface area contributed by atoms with Crippen molar-refractivity contribution in [2.24, 2.45) is 0 Å². The zero-order valence-corrected chi connectivity index (χ0v) is 8.60. The highest BCUT2D eigenvalue weighted by Gasteiger charge is 1.97. The van der Waals surface area contributed by atoms with E-state index < -0.39 is 0 Å². The van der Waals surface area contributed by atoms with Gasteiger partial charge < -0.3 is 4.74 Å². The number of hydroxylamine groups is 1. The molecule has 0 saturated heterocycles. The van der Waals surface area contributed by atoms with E-state index >= 15 is 0 Å². The second kappa shape index (κ2) is 5.51. The largest absolute Gasteiger partial charge is 0.486 e. The number of hydrogen-bond acceptors (Lipinski definition) is 4. The Morgan fingerprint density at radius 1 is 1.50 bits per heavy atom. The standard InChI is InChI=1S/C9H12N2O2S/c1-14-8-4-2-7(3-5-8)13-6-9(10)11-12/h2-5,12H,6H2,1H3,(H2,10,11). The maximum Gasteiger partial charge on any atom is 0.156 e. The van der Waals surface area contributed by atoms with Gasteiger partial charge in [-0.3, -0.25) is 16.1 Å². The van der Waals surface area contributed by atoms with Crippen LogP contribution in [0, 0.1) is 5.41 Å². The molecule has 0 aliphatic carbocycles. The predicted molar refractivity (Wildman–Crippen MR) is 56.4 cm³/mol. The minimum atomic E-state index is -0.0704. The molecule has 1 aromatic rings. The van der Waals surface area contributed by atoms with Gasteiger partial charge in [-0.1, -0.05) is 0 Å². The van der Waals surface area contributed by atoms with E-state index in [1.54, 1.807) is 17.2 Å². The van der Waals surface area contributed by atoms with Gasteiger partial charge in [-0.15, -0.1) is 11.8 Å². The van der Waals surface area contributed by atoms with Crippen LogP contribution in [0.2, 0.25) is 0 Å². The Hall–Kier alpha value is -1.20. The van der Waals surface area contributed by atoms with Gasteiger partial charge in [0.25, 0.3) is 0 Å². The third kappa shape index (κ3) is 3.27. The highest BCUT2D eigenvalue weighted by atomic mass is 32.2. The van der Waals surface area contributed by atoms with Crippen molar-refractivity contribution in [1.29, 1.82) is 5.41 Å². The number of hydrogen-bond donors (Lipinski definition) is 3. The molecule has 1 aromatic carbocycles. The van der Waals surface area contributed by atoms with Crippen LogP contribution in [0.1, 0.15) is 0 Å². The van der Waals surface area contributed by atoms with Crippen molar-refractivity contribution in [2.45, 2.75) is 4.90 Å². The third-order valence-electron chi connectivity index (χ3n) is 1.58. The van der Waals surface area contributed by atoms with E-state index in [4.69, 9.17) is 15.4 Å². The minimum absolute atomic E-state index is 0.0368.